The van der Waals surface area contributed by atoms with E-state index in [1.165, 1.54) is 17.0 Å². The highest BCUT2D eigenvalue weighted by Crippen LogP contribution is 2.19. The van der Waals surface area contributed by atoms with Crippen molar-refractivity contribution in [3.63, 3.8) is 0 Å². The maximum absolute atomic E-state index is 12.7. The fraction of sp³-hybridized carbons (Fsp3) is 0.588. The first-order valence-corrected chi connectivity index (χ1v) is 8.84. The van der Waals surface area contributed by atoms with Gasteiger partial charge in [0, 0.05) is 12.6 Å². The maximum Gasteiger partial charge on any atom is 0.326 e. The quantitative estimate of drug-likeness (QED) is 0.646. The zero-order valence-corrected chi connectivity index (χ0v) is 14.7. The number of aromatic nitrogens is 2. The topological polar surface area (TPSA) is 132 Å². The zero-order chi connectivity index (χ0) is 19.1. The van der Waals surface area contributed by atoms with E-state index in [2.05, 4.69) is 15.5 Å². The van der Waals surface area contributed by atoms with Gasteiger partial charge in [-0.25, -0.2) is 9.89 Å². The van der Waals surface area contributed by atoms with Crippen LogP contribution in [0.2, 0.25) is 0 Å². The summed E-state index contributed by atoms with van der Waals surface area (Å²) in [5.41, 5.74) is -0.375. The third-order valence-corrected chi connectivity index (χ3v) is 4.43. The Hall–Kier alpha value is -2.71. The summed E-state index contributed by atoms with van der Waals surface area (Å²) in [5, 5.41) is 17.8. The molecule has 3 N–H and O–H groups in total. The van der Waals surface area contributed by atoms with E-state index in [1.54, 1.807) is 0 Å². The molecule has 0 aromatic carbocycles. The van der Waals surface area contributed by atoms with Gasteiger partial charge >= 0.3 is 5.97 Å². The highest BCUT2D eigenvalue weighted by atomic mass is 16.4. The summed E-state index contributed by atoms with van der Waals surface area (Å²) in [4.78, 5) is 49.1. The predicted octanol–water partition coefficient (Wildman–Crippen LogP) is 0.524. The number of carbonyl (C=O) groups excluding carboxylic acids is 2. The van der Waals surface area contributed by atoms with E-state index in [1.807, 2.05) is 6.92 Å². The average Bonchev–Trinajstić information content (AvgIpc) is 2.64. The molecule has 0 saturated carbocycles. The predicted molar refractivity (Wildman–Crippen MR) is 92.6 cm³/mol. The summed E-state index contributed by atoms with van der Waals surface area (Å²) in [7, 11) is 0. The number of carbonyl (C=O) groups is 3. The number of hydrogen-bond donors (Lipinski definition) is 3. The molecule has 142 valence electrons. The van der Waals surface area contributed by atoms with Crippen molar-refractivity contribution in [2.45, 2.75) is 57.5 Å². The van der Waals surface area contributed by atoms with E-state index in [4.69, 9.17) is 0 Å². The van der Waals surface area contributed by atoms with Gasteiger partial charge in [0.25, 0.3) is 11.5 Å². The van der Waals surface area contributed by atoms with Crippen molar-refractivity contribution in [1.29, 1.82) is 0 Å². The van der Waals surface area contributed by atoms with Gasteiger partial charge in [0.15, 0.2) is 0 Å². The highest BCUT2D eigenvalue weighted by molar-refractivity contribution is 5.96. The van der Waals surface area contributed by atoms with Crippen molar-refractivity contribution in [3.05, 3.63) is 28.2 Å². The van der Waals surface area contributed by atoms with Crippen LogP contribution in [0.5, 0.6) is 0 Å². The molecule has 1 fully saturated rings. The lowest BCUT2D eigenvalue weighted by Crippen LogP contribution is -2.55. The van der Waals surface area contributed by atoms with Crippen LogP contribution in [0.25, 0.3) is 0 Å². The van der Waals surface area contributed by atoms with Gasteiger partial charge in [-0.05, 0) is 31.7 Å². The van der Waals surface area contributed by atoms with Crippen LogP contribution < -0.4 is 10.9 Å². The first-order chi connectivity index (χ1) is 12.4. The first-order valence-electron chi connectivity index (χ1n) is 8.84. The third-order valence-electron chi connectivity index (χ3n) is 4.43. The van der Waals surface area contributed by atoms with Gasteiger partial charge in [-0.3, -0.25) is 14.4 Å². The Labute approximate surface area is 150 Å². The van der Waals surface area contributed by atoms with Crippen molar-refractivity contribution < 1.29 is 19.5 Å². The van der Waals surface area contributed by atoms with Crippen molar-refractivity contribution in [1.82, 2.24) is 20.4 Å². The Morgan fingerprint density at radius 2 is 2.15 bits per heavy atom. The van der Waals surface area contributed by atoms with Gasteiger partial charge in [-0.1, -0.05) is 19.8 Å². The molecule has 2 heterocycles. The summed E-state index contributed by atoms with van der Waals surface area (Å²) >= 11 is 0. The van der Waals surface area contributed by atoms with Crippen molar-refractivity contribution in [3.8, 4) is 0 Å². The van der Waals surface area contributed by atoms with Crippen molar-refractivity contribution in [2.75, 3.05) is 6.54 Å². The van der Waals surface area contributed by atoms with Gasteiger partial charge < -0.3 is 15.3 Å². The van der Waals surface area contributed by atoms with Crippen LogP contribution in [0.15, 0.2) is 16.9 Å². The second-order valence-electron chi connectivity index (χ2n) is 6.36. The van der Waals surface area contributed by atoms with Crippen molar-refractivity contribution >= 4 is 17.8 Å². The molecule has 1 saturated heterocycles. The molecule has 1 unspecified atom stereocenters. The van der Waals surface area contributed by atoms with Gasteiger partial charge in [0.05, 0.1) is 0 Å². The Balaban J connectivity index is 2.12. The van der Waals surface area contributed by atoms with Gasteiger partial charge in [-0.2, -0.15) is 5.10 Å². The van der Waals surface area contributed by atoms with E-state index >= 15 is 0 Å². The molecule has 2 rings (SSSR count). The molecule has 0 spiro atoms. The average molecular weight is 364 g/mol. The SMILES string of the molecule is CCCC[C@H](NC(=O)C1CCCCN1C(=O)c1ccc(=O)[nH]n1)C(=O)O. The number of H-pyrrole nitrogens is 1. The van der Waals surface area contributed by atoms with Crippen LogP contribution in [0.4, 0.5) is 0 Å². The maximum atomic E-state index is 12.7. The second-order valence-corrected chi connectivity index (χ2v) is 6.36. The van der Waals surface area contributed by atoms with Crippen LogP contribution in [0.3, 0.4) is 0 Å². The fourth-order valence-corrected chi connectivity index (χ4v) is 2.99. The number of hydrogen-bond acceptors (Lipinski definition) is 5. The molecule has 2 amide bonds. The van der Waals surface area contributed by atoms with Crippen LogP contribution in [-0.4, -0.2) is 56.6 Å². The Bertz CT molecular complexity index is 697. The minimum Gasteiger partial charge on any atom is -0.480 e. The number of aliphatic carboxylic acids is 1. The van der Waals surface area contributed by atoms with Gasteiger partial charge in [0.2, 0.25) is 5.91 Å². The molecule has 1 aliphatic heterocycles. The summed E-state index contributed by atoms with van der Waals surface area (Å²) in [5.74, 6) is -2.00. The number of carboxylic acids is 1. The van der Waals surface area contributed by atoms with Crippen LogP contribution in [0.1, 0.15) is 55.9 Å². The molecule has 0 bridgehead atoms. The lowest BCUT2D eigenvalue weighted by Gasteiger charge is -2.35. The normalized spacial score (nSPS) is 18.2. The third kappa shape index (κ3) is 4.90. The molecule has 1 aromatic rings. The standard InChI is InChI=1S/C17H24N4O5/c1-2-3-6-12(17(25)26)18-15(23)13-7-4-5-10-21(13)16(24)11-8-9-14(22)20-19-11/h8-9,12-13H,2-7,10H2,1H3,(H,18,23)(H,20,22)(H,25,26)/t12-,13?/m0/s1. The van der Waals surface area contributed by atoms with E-state index < -0.39 is 35.4 Å². The smallest absolute Gasteiger partial charge is 0.326 e. The fourth-order valence-electron chi connectivity index (χ4n) is 2.99. The molecule has 9 nitrogen and oxygen atoms in total. The number of amides is 2. The highest BCUT2D eigenvalue weighted by Gasteiger charge is 2.35. The molecule has 26 heavy (non-hydrogen) atoms. The number of aromatic amines is 1. The molecule has 1 aromatic heterocycles. The Morgan fingerprint density at radius 1 is 1.38 bits per heavy atom. The summed E-state index contributed by atoms with van der Waals surface area (Å²) in [6.45, 7) is 2.32. The van der Waals surface area contributed by atoms with Crippen LogP contribution in [0, 0.1) is 0 Å². The van der Waals surface area contributed by atoms with Crippen LogP contribution >= 0.6 is 0 Å². The largest absolute Gasteiger partial charge is 0.480 e. The number of likely N-dealkylation sites (tertiary alicyclic amines) is 1. The second kappa shape index (κ2) is 9.12. The molecule has 1 aliphatic rings. The minimum atomic E-state index is -1.08. The number of nitrogens with zero attached hydrogens (tertiary/aromatic N) is 2. The lowest BCUT2D eigenvalue weighted by atomic mass is 10.00. The number of carboxylic acid groups (broad SMARTS) is 1. The van der Waals surface area contributed by atoms with E-state index in [0.29, 0.717) is 25.8 Å². The molecular formula is C17H24N4O5. The summed E-state index contributed by atoms with van der Waals surface area (Å²) < 4.78 is 0. The minimum absolute atomic E-state index is 0.0464. The summed E-state index contributed by atoms with van der Waals surface area (Å²) in [6, 6.07) is 0.803. The molecule has 0 aliphatic carbocycles. The van der Waals surface area contributed by atoms with E-state index in [9.17, 15) is 24.3 Å². The van der Waals surface area contributed by atoms with Crippen molar-refractivity contribution in [2.24, 2.45) is 0 Å². The molecule has 0 radical (unpaired) electrons. The zero-order valence-electron chi connectivity index (χ0n) is 14.7. The number of nitrogens with one attached hydrogen (secondary N) is 2. The number of rotatable bonds is 7. The lowest BCUT2D eigenvalue weighted by molar-refractivity contribution is -0.143. The summed E-state index contributed by atoms with van der Waals surface area (Å²) in [6.07, 6.45) is 3.84. The molecular weight excluding hydrogens is 340 g/mol. The van der Waals surface area contributed by atoms with E-state index in [0.717, 1.165) is 19.3 Å². The van der Waals surface area contributed by atoms with E-state index in [-0.39, 0.29) is 5.69 Å². The monoisotopic (exact) mass is 364 g/mol. The Morgan fingerprint density at radius 3 is 2.77 bits per heavy atom. The first kappa shape index (κ1) is 19.6. The number of unbranched alkanes of at least 4 members (excludes halogenated alkanes) is 1. The molecule has 2 atom stereocenters. The van der Waals surface area contributed by atoms with Gasteiger partial charge in [-0.15, -0.1) is 0 Å². The Kier molecular flexibility index (Phi) is 6.88. The van der Waals surface area contributed by atoms with Crippen LogP contribution in [-0.2, 0) is 9.59 Å². The molecule has 9 heteroatoms. The van der Waals surface area contributed by atoms with Gasteiger partial charge in [0.1, 0.15) is 17.8 Å². The number of piperidine rings is 1.